The highest BCUT2D eigenvalue weighted by molar-refractivity contribution is 4.90. The SMILES string of the molecule is CCOC=C(C)CC. The summed E-state index contributed by atoms with van der Waals surface area (Å²) in [7, 11) is 0. The second-order valence-electron chi connectivity index (χ2n) is 1.77. The summed E-state index contributed by atoms with van der Waals surface area (Å²) in [6.07, 6.45) is 2.90. The van der Waals surface area contributed by atoms with E-state index >= 15 is 0 Å². The van der Waals surface area contributed by atoms with Gasteiger partial charge in [0, 0.05) is 0 Å². The first kappa shape index (κ1) is 7.54. The largest absolute Gasteiger partial charge is 0.502 e. The maximum absolute atomic E-state index is 5.02. The molecule has 0 aromatic carbocycles. The zero-order valence-corrected chi connectivity index (χ0v) is 5.90. The predicted molar refractivity (Wildman–Crippen MR) is 35.7 cm³/mol. The van der Waals surface area contributed by atoms with Crippen LogP contribution in [-0.4, -0.2) is 6.61 Å². The fourth-order valence-corrected chi connectivity index (χ4v) is 0.309. The van der Waals surface area contributed by atoms with Crippen molar-refractivity contribution in [3.05, 3.63) is 11.8 Å². The van der Waals surface area contributed by atoms with Gasteiger partial charge in [0.05, 0.1) is 12.9 Å². The van der Waals surface area contributed by atoms with Crippen molar-refractivity contribution in [3.8, 4) is 0 Å². The Balaban J connectivity index is 3.26. The molecular formula is C7H14O. The molecule has 1 nitrogen and oxygen atoms in total. The molecule has 1 heteroatoms. The van der Waals surface area contributed by atoms with Crippen molar-refractivity contribution in [1.29, 1.82) is 0 Å². The van der Waals surface area contributed by atoms with Crippen LogP contribution in [-0.2, 0) is 4.74 Å². The van der Waals surface area contributed by atoms with Crippen molar-refractivity contribution in [1.82, 2.24) is 0 Å². The fourth-order valence-electron chi connectivity index (χ4n) is 0.309. The van der Waals surface area contributed by atoms with Crippen molar-refractivity contribution >= 4 is 0 Å². The van der Waals surface area contributed by atoms with Crippen molar-refractivity contribution in [2.45, 2.75) is 27.2 Å². The molecule has 0 saturated heterocycles. The van der Waals surface area contributed by atoms with Gasteiger partial charge in [0.1, 0.15) is 0 Å². The average Bonchev–Trinajstić information content (AvgIpc) is 1.83. The number of hydrogen-bond acceptors (Lipinski definition) is 1. The Morgan fingerprint density at radius 1 is 1.50 bits per heavy atom. The van der Waals surface area contributed by atoms with Crippen molar-refractivity contribution in [2.24, 2.45) is 0 Å². The van der Waals surface area contributed by atoms with E-state index in [9.17, 15) is 0 Å². The molecule has 0 fully saturated rings. The molecule has 0 saturated carbocycles. The highest BCUT2D eigenvalue weighted by Crippen LogP contribution is 1.96. The molecule has 0 rings (SSSR count). The lowest BCUT2D eigenvalue weighted by Gasteiger charge is -1.95. The summed E-state index contributed by atoms with van der Waals surface area (Å²) in [5, 5.41) is 0. The lowest BCUT2D eigenvalue weighted by Crippen LogP contribution is -1.79. The standard InChI is InChI=1S/C7H14O/c1-4-7(3)6-8-5-2/h6H,4-5H2,1-3H3. The van der Waals surface area contributed by atoms with Gasteiger partial charge in [-0.25, -0.2) is 0 Å². The summed E-state index contributed by atoms with van der Waals surface area (Å²) >= 11 is 0. The summed E-state index contributed by atoms with van der Waals surface area (Å²) in [4.78, 5) is 0. The summed E-state index contributed by atoms with van der Waals surface area (Å²) in [5.41, 5.74) is 1.30. The van der Waals surface area contributed by atoms with Crippen LogP contribution in [0.5, 0.6) is 0 Å². The second kappa shape index (κ2) is 4.69. The maximum Gasteiger partial charge on any atom is 0.0845 e. The smallest absolute Gasteiger partial charge is 0.0845 e. The third kappa shape index (κ3) is 3.72. The molecule has 0 amide bonds. The van der Waals surface area contributed by atoms with Gasteiger partial charge in [-0.3, -0.25) is 0 Å². The van der Waals surface area contributed by atoms with Crippen molar-refractivity contribution in [3.63, 3.8) is 0 Å². The first-order chi connectivity index (χ1) is 3.81. The minimum atomic E-state index is 0.775. The monoisotopic (exact) mass is 114 g/mol. The van der Waals surface area contributed by atoms with Gasteiger partial charge >= 0.3 is 0 Å². The molecule has 0 aromatic heterocycles. The molecule has 0 atom stereocenters. The average molecular weight is 114 g/mol. The minimum Gasteiger partial charge on any atom is -0.502 e. The molecule has 0 aromatic rings. The van der Waals surface area contributed by atoms with Crippen LogP contribution in [0.2, 0.25) is 0 Å². The second-order valence-corrected chi connectivity index (χ2v) is 1.77. The van der Waals surface area contributed by atoms with E-state index in [0.29, 0.717) is 0 Å². The number of ether oxygens (including phenoxy) is 1. The van der Waals surface area contributed by atoms with Gasteiger partial charge in [0.15, 0.2) is 0 Å². The van der Waals surface area contributed by atoms with E-state index in [-0.39, 0.29) is 0 Å². The molecule has 0 N–H and O–H groups in total. The van der Waals surface area contributed by atoms with E-state index in [1.807, 2.05) is 13.2 Å². The van der Waals surface area contributed by atoms with Crippen LogP contribution < -0.4 is 0 Å². The molecule has 0 aliphatic heterocycles. The summed E-state index contributed by atoms with van der Waals surface area (Å²) in [6.45, 7) is 6.94. The Bertz CT molecular complexity index is 74.5. The van der Waals surface area contributed by atoms with Crippen LogP contribution >= 0.6 is 0 Å². The van der Waals surface area contributed by atoms with E-state index in [1.54, 1.807) is 0 Å². The first-order valence-corrected chi connectivity index (χ1v) is 3.08. The molecule has 8 heavy (non-hydrogen) atoms. The Morgan fingerprint density at radius 3 is 2.50 bits per heavy atom. The molecular weight excluding hydrogens is 100 g/mol. The van der Waals surface area contributed by atoms with Gasteiger partial charge in [-0.2, -0.15) is 0 Å². The molecule has 0 aliphatic rings. The maximum atomic E-state index is 5.02. The van der Waals surface area contributed by atoms with Crippen molar-refractivity contribution in [2.75, 3.05) is 6.61 Å². The molecule has 0 radical (unpaired) electrons. The molecule has 48 valence electrons. The zero-order chi connectivity index (χ0) is 6.41. The Morgan fingerprint density at radius 2 is 2.12 bits per heavy atom. The van der Waals surface area contributed by atoms with Crippen LogP contribution in [0.1, 0.15) is 27.2 Å². The fraction of sp³-hybridized carbons (Fsp3) is 0.714. The van der Waals surface area contributed by atoms with Gasteiger partial charge in [0.2, 0.25) is 0 Å². The third-order valence-electron chi connectivity index (χ3n) is 1.01. The first-order valence-electron chi connectivity index (χ1n) is 3.08. The van der Waals surface area contributed by atoms with E-state index in [1.165, 1.54) is 5.57 Å². The van der Waals surface area contributed by atoms with Crippen LogP contribution in [0, 0.1) is 0 Å². The van der Waals surface area contributed by atoms with Crippen LogP contribution in [0.25, 0.3) is 0 Å². The van der Waals surface area contributed by atoms with E-state index in [0.717, 1.165) is 13.0 Å². The Kier molecular flexibility index (Phi) is 4.42. The quantitative estimate of drug-likeness (QED) is 0.512. The summed E-state index contributed by atoms with van der Waals surface area (Å²) in [6, 6.07) is 0. The lowest BCUT2D eigenvalue weighted by atomic mass is 10.3. The molecule has 0 aliphatic carbocycles. The number of rotatable bonds is 3. The topological polar surface area (TPSA) is 9.23 Å². The predicted octanol–water partition coefficient (Wildman–Crippen LogP) is 2.34. The highest BCUT2D eigenvalue weighted by Gasteiger charge is 1.79. The van der Waals surface area contributed by atoms with Gasteiger partial charge in [0.25, 0.3) is 0 Å². The van der Waals surface area contributed by atoms with Crippen LogP contribution in [0.15, 0.2) is 11.8 Å². The van der Waals surface area contributed by atoms with Crippen LogP contribution in [0.3, 0.4) is 0 Å². The number of allylic oxidation sites excluding steroid dienone is 1. The van der Waals surface area contributed by atoms with E-state index < -0.39 is 0 Å². The van der Waals surface area contributed by atoms with Crippen molar-refractivity contribution < 1.29 is 4.74 Å². The van der Waals surface area contributed by atoms with Gasteiger partial charge < -0.3 is 4.74 Å². The van der Waals surface area contributed by atoms with Crippen LogP contribution in [0.4, 0.5) is 0 Å². The normalized spacial score (nSPS) is 11.6. The molecule has 0 heterocycles. The minimum absolute atomic E-state index is 0.775. The number of hydrogen-bond donors (Lipinski definition) is 0. The highest BCUT2D eigenvalue weighted by atomic mass is 16.5. The van der Waals surface area contributed by atoms with Gasteiger partial charge in [-0.15, -0.1) is 0 Å². The van der Waals surface area contributed by atoms with Gasteiger partial charge in [-0.05, 0) is 25.8 Å². The Labute approximate surface area is 51.4 Å². The van der Waals surface area contributed by atoms with Gasteiger partial charge in [-0.1, -0.05) is 6.92 Å². The lowest BCUT2D eigenvalue weighted by molar-refractivity contribution is 0.265. The third-order valence-corrected chi connectivity index (χ3v) is 1.01. The molecule has 0 unspecified atom stereocenters. The van der Waals surface area contributed by atoms with E-state index in [2.05, 4.69) is 13.8 Å². The molecule has 0 spiro atoms. The molecule has 0 bridgehead atoms. The Hall–Kier alpha value is -0.460. The zero-order valence-electron chi connectivity index (χ0n) is 5.90. The van der Waals surface area contributed by atoms with E-state index in [4.69, 9.17) is 4.74 Å². The summed E-state index contributed by atoms with van der Waals surface area (Å²) in [5.74, 6) is 0. The summed E-state index contributed by atoms with van der Waals surface area (Å²) < 4.78 is 5.02.